The van der Waals surface area contributed by atoms with E-state index in [0.717, 1.165) is 41.7 Å². The van der Waals surface area contributed by atoms with Gasteiger partial charge < -0.3 is 16.0 Å². The lowest BCUT2D eigenvalue weighted by Crippen LogP contribution is -2.38. The topological polar surface area (TPSA) is 78.4 Å². The van der Waals surface area contributed by atoms with E-state index in [9.17, 15) is 4.79 Å². The predicted octanol–water partition coefficient (Wildman–Crippen LogP) is 4.35. The number of hydrogen-bond donors (Lipinski definition) is 3. The van der Waals surface area contributed by atoms with E-state index < -0.39 is 0 Å². The van der Waals surface area contributed by atoms with Gasteiger partial charge in [-0.3, -0.25) is 4.79 Å². The number of thiazole rings is 1. The number of nitrogens with zero attached hydrogens (tertiary/aromatic N) is 2. The minimum absolute atomic E-state index is 0. The minimum Gasteiger partial charge on any atom is -0.357 e. The molecule has 1 aromatic carbocycles. The fraction of sp³-hybridized carbons (Fsp3) is 0.476. The number of carbonyl (C=O) groups excluding carboxylic acids is 1. The van der Waals surface area contributed by atoms with Crippen LogP contribution >= 0.6 is 35.3 Å². The van der Waals surface area contributed by atoms with E-state index in [0.29, 0.717) is 18.9 Å². The number of halogens is 1. The Bertz CT molecular complexity index is 791. The quantitative estimate of drug-likeness (QED) is 0.257. The minimum atomic E-state index is 0. The van der Waals surface area contributed by atoms with Gasteiger partial charge in [-0.15, -0.1) is 35.3 Å². The number of benzene rings is 1. The summed E-state index contributed by atoms with van der Waals surface area (Å²) in [5.41, 5.74) is 1.87. The van der Waals surface area contributed by atoms with E-state index in [-0.39, 0.29) is 29.9 Å². The summed E-state index contributed by atoms with van der Waals surface area (Å²) in [7, 11) is 0. The second-order valence-corrected chi connectivity index (χ2v) is 8.40. The number of aromatic nitrogens is 1. The standard InChI is InChI=1S/C21H31N5OS.HI/c1-5-22-21(23-10-9-20-24-13-16(4)28-20)25-14-17-7-6-8-18(12-17)26-19(27)11-15(2)3;/h6-8,12-13,15H,5,9-11,14H2,1-4H3,(H,26,27)(H2,22,23,25);1H. The number of aliphatic imine (C=N–C) groups is 1. The molecule has 0 saturated heterocycles. The van der Waals surface area contributed by atoms with Crippen molar-refractivity contribution < 1.29 is 4.79 Å². The Labute approximate surface area is 195 Å². The van der Waals surface area contributed by atoms with Crippen molar-refractivity contribution in [1.29, 1.82) is 0 Å². The first-order chi connectivity index (χ1) is 13.5. The smallest absolute Gasteiger partial charge is 0.224 e. The Morgan fingerprint density at radius 1 is 1.28 bits per heavy atom. The maximum Gasteiger partial charge on any atom is 0.224 e. The maximum atomic E-state index is 12.0. The van der Waals surface area contributed by atoms with Gasteiger partial charge >= 0.3 is 0 Å². The average molecular weight is 529 g/mol. The Morgan fingerprint density at radius 2 is 2.07 bits per heavy atom. The fourth-order valence-corrected chi connectivity index (χ4v) is 3.43. The summed E-state index contributed by atoms with van der Waals surface area (Å²) in [4.78, 5) is 22.2. The van der Waals surface area contributed by atoms with Gasteiger partial charge in [-0.05, 0) is 37.5 Å². The van der Waals surface area contributed by atoms with Gasteiger partial charge in [0.2, 0.25) is 5.91 Å². The van der Waals surface area contributed by atoms with Crippen molar-refractivity contribution in [3.63, 3.8) is 0 Å². The largest absolute Gasteiger partial charge is 0.357 e. The molecule has 0 spiro atoms. The number of aryl methyl sites for hydroxylation is 1. The molecule has 8 heteroatoms. The second kappa shape index (κ2) is 13.5. The fourth-order valence-electron chi connectivity index (χ4n) is 2.65. The third kappa shape index (κ3) is 10.1. The van der Waals surface area contributed by atoms with Crippen LogP contribution in [-0.4, -0.2) is 29.9 Å². The third-order valence-corrected chi connectivity index (χ3v) is 4.84. The van der Waals surface area contributed by atoms with Crippen LogP contribution in [0.1, 0.15) is 42.6 Å². The van der Waals surface area contributed by atoms with Crippen LogP contribution < -0.4 is 16.0 Å². The number of guanidine groups is 1. The van der Waals surface area contributed by atoms with Crippen molar-refractivity contribution in [2.24, 2.45) is 10.9 Å². The van der Waals surface area contributed by atoms with E-state index in [1.165, 1.54) is 4.88 Å². The van der Waals surface area contributed by atoms with Crippen LogP contribution in [0.5, 0.6) is 0 Å². The van der Waals surface area contributed by atoms with Crippen molar-refractivity contribution in [2.75, 3.05) is 18.4 Å². The van der Waals surface area contributed by atoms with Crippen LogP contribution in [-0.2, 0) is 17.8 Å². The highest BCUT2D eigenvalue weighted by Gasteiger charge is 2.06. The van der Waals surface area contributed by atoms with Crippen molar-refractivity contribution in [3.05, 3.63) is 45.9 Å². The molecule has 29 heavy (non-hydrogen) atoms. The molecule has 0 saturated carbocycles. The number of nitrogens with one attached hydrogen (secondary N) is 3. The van der Waals surface area contributed by atoms with Gasteiger partial charge in [-0.25, -0.2) is 9.98 Å². The number of hydrogen-bond acceptors (Lipinski definition) is 4. The molecule has 0 fully saturated rings. The van der Waals surface area contributed by atoms with E-state index >= 15 is 0 Å². The Morgan fingerprint density at radius 3 is 2.72 bits per heavy atom. The summed E-state index contributed by atoms with van der Waals surface area (Å²) in [5.74, 6) is 1.17. The first kappa shape index (κ1) is 25.4. The molecular formula is C21H32IN5OS. The summed E-state index contributed by atoms with van der Waals surface area (Å²) in [6, 6.07) is 7.85. The van der Waals surface area contributed by atoms with Gasteiger partial charge in [0.15, 0.2) is 5.96 Å². The SMILES string of the molecule is CCNC(=NCc1cccc(NC(=O)CC(C)C)c1)NCCc1ncc(C)s1.I. The molecular weight excluding hydrogens is 497 g/mol. The molecule has 0 bridgehead atoms. The molecule has 1 amide bonds. The van der Waals surface area contributed by atoms with E-state index in [2.05, 4.69) is 32.9 Å². The number of rotatable bonds is 9. The molecule has 0 aliphatic heterocycles. The second-order valence-electron chi connectivity index (χ2n) is 7.08. The maximum absolute atomic E-state index is 12.0. The summed E-state index contributed by atoms with van der Waals surface area (Å²) >= 11 is 1.73. The third-order valence-electron chi connectivity index (χ3n) is 3.87. The van der Waals surface area contributed by atoms with E-state index in [4.69, 9.17) is 0 Å². The summed E-state index contributed by atoms with van der Waals surface area (Å²) < 4.78 is 0. The van der Waals surface area contributed by atoms with Crippen LogP contribution in [0.3, 0.4) is 0 Å². The molecule has 0 unspecified atom stereocenters. The number of amides is 1. The number of anilines is 1. The highest BCUT2D eigenvalue weighted by Crippen LogP contribution is 2.13. The van der Waals surface area contributed by atoms with E-state index in [1.54, 1.807) is 11.3 Å². The normalized spacial score (nSPS) is 11.1. The molecule has 0 aliphatic rings. The van der Waals surface area contributed by atoms with Gasteiger partial charge in [0.05, 0.1) is 11.6 Å². The first-order valence-corrected chi connectivity index (χ1v) is 10.6. The summed E-state index contributed by atoms with van der Waals surface area (Å²) in [5, 5.41) is 10.7. The lowest BCUT2D eigenvalue weighted by Gasteiger charge is -2.11. The molecule has 6 nitrogen and oxygen atoms in total. The van der Waals surface area contributed by atoms with Gasteiger partial charge in [-0.1, -0.05) is 26.0 Å². The lowest BCUT2D eigenvalue weighted by molar-refractivity contribution is -0.116. The molecule has 0 radical (unpaired) electrons. The average Bonchev–Trinajstić information content (AvgIpc) is 3.04. The van der Waals surface area contributed by atoms with Crippen LogP contribution in [0, 0.1) is 12.8 Å². The zero-order chi connectivity index (χ0) is 20.4. The highest BCUT2D eigenvalue weighted by atomic mass is 127. The van der Waals surface area contributed by atoms with E-state index in [1.807, 2.05) is 51.2 Å². The monoisotopic (exact) mass is 529 g/mol. The zero-order valence-electron chi connectivity index (χ0n) is 17.6. The van der Waals surface area contributed by atoms with Crippen LogP contribution in [0.25, 0.3) is 0 Å². The van der Waals surface area contributed by atoms with Gasteiger partial charge in [-0.2, -0.15) is 0 Å². The van der Waals surface area contributed by atoms with Crippen molar-refractivity contribution in [1.82, 2.24) is 15.6 Å². The first-order valence-electron chi connectivity index (χ1n) is 9.78. The van der Waals surface area contributed by atoms with Crippen molar-refractivity contribution >= 4 is 52.9 Å². The Hall–Kier alpha value is -1.68. The summed E-state index contributed by atoms with van der Waals surface area (Å²) in [6.07, 6.45) is 3.31. The molecule has 0 atom stereocenters. The molecule has 3 N–H and O–H groups in total. The molecule has 0 aliphatic carbocycles. The Kier molecular flexibility index (Phi) is 11.8. The molecule has 2 rings (SSSR count). The highest BCUT2D eigenvalue weighted by molar-refractivity contribution is 14.0. The Balaban J connectivity index is 0.00000420. The van der Waals surface area contributed by atoms with Gasteiger partial charge in [0.25, 0.3) is 0 Å². The van der Waals surface area contributed by atoms with Crippen LogP contribution in [0.15, 0.2) is 35.5 Å². The summed E-state index contributed by atoms with van der Waals surface area (Å²) in [6.45, 7) is 10.3. The molecule has 1 aromatic heterocycles. The predicted molar refractivity (Wildman–Crippen MR) is 133 cm³/mol. The molecule has 160 valence electrons. The molecule has 1 heterocycles. The lowest BCUT2D eigenvalue weighted by atomic mass is 10.1. The zero-order valence-corrected chi connectivity index (χ0v) is 20.8. The van der Waals surface area contributed by atoms with Crippen LogP contribution in [0.4, 0.5) is 5.69 Å². The van der Waals surface area contributed by atoms with Gasteiger partial charge in [0, 0.05) is 42.7 Å². The van der Waals surface area contributed by atoms with Crippen LogP contribution in [0.2, 0.25) is 0 Å². The number of carbonyl (C=O) groups is 1. The van der Waals surface area contributed by atoms with Gasteiger partial charge in [0.1, 0.15) is 0 Å². The van der Waals surface area contributed by atoms with Crippen molar-refractivity contribution in [2.45, 2.75) is 47.1 Å². The van der Waals surface area contributed by atoms with Crippen molar-refractivity contribution in [3.8, 4) is 0 Å². The molecule has 2 aromatic rings.